The van der Waals surface area contributed by atoms with E-state index < -0.39 is 0 Å². The highest BCUT2D eigenvalue weighted by atomic mass is 16.5. The molecule has 0 spiro atoms. The molecule has 1 N–H and O–H groups in total. The van der Waals surface area contributed by atoms with Crippen LogP contribution >= 0.6 is 0 Å². The van der Waals surface area contributed by atoms with Crippen LogP contribution in [-0.2, 0) is 4.74 Å². The molecule has 0 unspecified atom stereocenters. The van der Waals surface area contributed by atoms with Crippen molar-refractivity contribution in [1.82, 2.24) is 10.4 Å². The average Bonchev–Trinajstić information content (AvgIpc) is 1.90. The molecule has 1 aliphatic heterocycles. The van der Waals surface area contributed by atoms with E-state index in [1.165, 1.54) is 0 Å². The maximum absolute atomic E-state index is 5.14. The van der Waals surface area contributed by atoms with Crippen molar-refractivity contribution in [2.45, 2.75) is 6.42 Å². The molecule has 3 nitrogen and oxygen atoms in total. The highest BCUT2D eigenvalue weighted by Crippen LogP contribution is 1.95. The summed E-state index contributed by atoms with van der Waals surface area (Å²) < 4.78 is 5.14. The first-order valence-electron chi connectivity index (χ1n) is 2.93. The van der Waals surface area contributed by atoms with Crippen LogP contribution in [0.2, 0.25) is 0 Å². The van der Waals surface area contributed by atoms with Gasteiger partial charge in [0.1, 0.15) is 6.73 Å². The predicted molar refractivity (Wildman–Crippen MR) is 31.2 cm³/mol. The molecule has 0 aromatic carbocycles. The van der Waals surface area contributed by atoms with Gasteiger partial charge in [0.25, 0.3) is 0 Å². The number of ether oxygens (including phenoxy) is 1. The number of rotatable bonds is 1. The van der Waals surface area contributed by atoms with Gasteiger partial charge in [-0.25, -0.2) is 5.01 Å². The topological polar surface area (TPSA) is 24.5 Å². The molecule has 0 aliphatic carbocycles. The van der Waals surface area contributed by atoms with Crippen molar-refractivity contribution in [2.75, 3.05) is 26.9 Å². The Morgan fingerprint density at radius 1 is 1.62 bits per heavy atom. The van der Waals surface area contributed by atoms with E-state index >= 15 is 0 Å². The summed E-state index contributed by atoms with van der Waals surface area (Å²) in [6.45, 7) is 2.76. The summed E-state index contributed by atoms with van der Waals surface area (Å²) in [5, 5.41) is 2.05. The van der Waals surface area contributed by atoms with Crippen LogP contribution in [0.3, 0.4) is 0 Å². The summed E-state index contributed by atoms with van der Waals surface area (Å²) in [5.41, 5.74) is 3.01. The van der Waals surface area contributed by atoms with E-state index in [1.54, 1.807) is 0 Å². The van der Waals surface area contributed by atoms with E-state index in [9.17, 15) is 0 Å². The summed E-state index contributed by atoms with van der Waals surface area (Å²) in [6.07, 6.45) is 1.14. The Bertz CT molecular complexity index is 61.4. The first-order chi connectivity index (χ1) is 3.93. The van der Waals surface area contributed by atoms with E-state index in [4.69, 9.17) is 4.74 Å². The summed E-state index contributed by atoms with van der Waals surface area (Å²) in [7, 11) is 1.91. The van der Waals surface area contributed by atoms with Gasteiger partial charge in [0.15, 0.2) is 0 Å². The van der Waals surface area contributed by atoms with E-state index in [0.717, 1.165) is 26.3 Å². The number of hydrogen-bond donors (Lipinski definition) is 1. The van der Waals surface area contributed by atoms with Crippen molar-refractivity contribution in [3.05, 3.63) is 0 Å². The third-order valence-electron chi connectivity index (χ3n) is 1.28. The van der Waals surface area contributed by atoms with Gasteiger partial charge in [0.2, 0.25) is 0 Å². The van der Waals surface area contributed by atoms with Crippen LogP contribution in [0, 0.1) is 0 Å². The second kappa shape index (κ2) is 3.02. The van der Waals surface area contributed by atoms with Gasteiger partial charge < -0.3 is 4.74 Å². The first kappa shape index (κ1) is 6.01. The largest absolute Gasteiger partial charge is 0.365 e. The van der Waals surface area contributed by atoms with Gasteiger partial charge >= 0.3 is 0 Å². The molecule has 1 fully saturated rings. The Morgan fingerprint density at radius 2 is 2.50 bits per heavy atom. The molecule has 48 valence electrons. The molecule has 1 saturated heterocycles. The molecule has 0 atom stereocenters. The van der Waals surface area contributed by atoms with Gasteiger partial charge in [-0.1, -0.05) is 0 Å². The zero-order chi connectivity index (χ0) is 5.82. The molecule has 0 radical (unpaired) electrons. The molecule has 0 saturated carbocycles. The van der Waals surface area contributed by atoms with Crippen LogP contribution < -0.4 is 5.43 Å². The molecule has 0 aromatic heterocycles. The van der Waals surface area contributed by atoms with Crippen LogP contribution in [-0.4, -0.2) is 31.9 Å². The highest BCUT2D eigenvalue weighted by molar-refractivity contribution is 4.49. The smallest absolute Gasteiger partial charge is 0.112 e. The summed E-state index contributed by atoms with van der Waals surface area (Å²) in [5.74, 6) is 0. The summed E-state index contributed by atoms with van der Waals surface area (Å²) >= 11 is 0. The van der Waals surface area contributed by atoms with Crippen molar-refractivity contribution >= 4 is 0 Å². The van der Waals surface area contributed by atoms with Crippen LogP contribution in [0.5, 0.6) is 0 Å². The fourth-order valence-electron chi connectivity index (χ4n) is 0.773. The van der Waals surface area contributed by atoms with E-state index in [1.807, 2.05) is 12.1 Å². The highest BCUT2D eigenvalue weighted by Gasteiger charge is 2.05. The summed E-state index contributed by atoms with van der Waals surface area (Å²) in [4.78, 5) is 0. The SMILES string of the molecule is CNN1CCCOC1. The Kier molecular flexibility index (Phi) is 2.27. The van der Waals surface area contributed by atoms with Crippen molar-refractivity contribution in [3.8, 4) is 0 Å². The van der Waals surface area contributed by atoms with Gasteiger partial charge in [0, 0.05) is 13.2 Å². The van der Waals surface area contributed by atoms with Gasteiger partial charge in [-0.15, -0.1) is 0 Å². The quantitative estimate of drug-likeness (QED) is 0.513. The molecular weight excluding hydrogens is 104 g/mol. The Hall–Kier alpha value is -0.120. The Morgan fingerprint density at radius 3 is 2.88 bits per heavy atom. The fraction of sp³-hybridized carbons (Fsp3) is 1.00. The molecule has 1 aliphatic rings. The molecular formula is C5H12N2O. The number of hydrogen-bond acceptors (Lipinski definition) is 3. The lowest BCUT2D eigenvalue weighted by atomic mass is 10.4. The zero-order valence-electron chi connectivity index (χ0n) is 5.18. The lowest BCUT2D eigenvalue weighted by Crippen LogP contribution is -2.41. The lowest BCUT2D eigenvalue weighted by molar-refractivity contribution is -0.0363. The maximum Gasteiger partial charge on any atom is 0.112 e. The molecule has 0 aromatic rings. The fourth-order valence-corrected chi connectivity index (χ4v) is 0.773. The number of nitrogens with one attached hydrogen (secondary N) is 1. The molecule has 1 rings (SSSR count). The summed E-state index contributed by atoms with van der Waals surface area (Å²) in [6, 6.07) is 0. The van der Waals surface area contributed by atoms with Gasteiger partial charge in [-0.3, -0.25) is 5.43 Å². The second-order valence-corrected chi connectivity index (χ2v) is 1.88. The Labute approximate surface area is 49.6 Å². The Balaban J connectivity index is 2.13. The molecule has 8 heavy (non-hydrogen) atoms. The van der Waals surface area contributed by atoms with Crippen LogP contribution in [0.1, 0.15) is 6.42 Å². The van der Waals surface area contributed by atoms with Crippen molar-refractivity contribution in [3.63, 3.8) is 0 Å². The van der Waals surface area contributed by atoms with Crippen LogP contribution in [0.25, 0.3) is 0 Å². The minimum atomic E-state index is 0.733. The van der Waals surface area contributed by atoms with Gasteiger partial charge in [-0.05, 0) is 13.5 Å². The second-order valence-electron chi connectivity index (χ2n) is 1.88. The molecule has 0 amide bonds. The molecule has 1 heterocycles. The predicted octanol–water partition coefficient (Wildman–Crippen LogP) is -0.199. The van der Waals surface area contributed by atoms with E-state index in [0.29, 0.717) is 0 Å². The monoisotopic (exact) mass is 116 g/mol. The maximum atomic E-state index is 5.14. The minimum Gasteiger partial charge on any atom is -0.365 e. The van der Waals surface area contributed by atoms with E-state index in [2.05, 4.69) is 5.43 Å². The molecule has 0 bridgehead atoms. The van der Waals surface area contributed by atoms with E-state index in [-0.39, 0.29) is 0 Å². The first-order valence-corrected chi connectivity index (χ1v) is 2.93. The van der Waals surface area contributed by atoms with Crippen molar-refractivity contribution in [1.29, 1.82) is 0 Å². The average molecular weight is 116 g/mol. The standard InChI is InChI=1S/C5H12N2O/c1-6-7-3-2-4-8-5-7/h6H,2-5H2,1H3. The van der Waals surface area contributed by atoms with Crippen molar-refractivity contribution in [2.24, 2.45) is 0 Å². The third-order valence-corrected chi connectivity index (χ3v) is 1.28. The molecule has 3 heteroatoms. The lowest BCUT2D eigenvalue weighted by Gasteiger charge is -2.24. The van der Waals surface area contributed by atoms with Gasteiger partial charge in [0.05, 0.1) is 0 Å². The van der Waals surface area contributed by atoms with Crippen LogP contribution in [0.15, 0.2) is 0 Å². The number of nitrogens with zero attached hydrogens (tertiary/aromatic N) is 1. The third kappa shape index (κ3) is 1.43. The van der Waals surface area contributed by atoms with Crippen LogP contribution in [0.4, 0.5) is 0 Å². The normalized spacial score (nSPS) is 23.6. The van der Waals surface area contributed by atoms with Gasteiger partial charge in [-0.2, -0.15) is 0 Å². The number of hydrazine groups is 1. The minimum absolute atomic E-state index is 0.733. The zero-order valence-corrected chi connectivity index (χ0v) is 5.18. The van der Waals surface area contributed by atoms with Crippen molar-refractivity contribution < 1.29 is 4.74 Å².